The van der Waals surface area contributed by atoms with Crippen molar-refractivity contribution in [3.8, 4) is 5.75 Å². The molecule has 6 heteroatoms. The molecule has 3 N–H and O–H groups in total. The van der Waals surface area contributed by atoms with Crippen LogP contribution in [0.3, 0.4) is 0 Å². The van der Waals surface area contributed by atoms with E-state index in [1.54, 1.807) is 12.1 Å². The van der Waals surface area contributed by atoms with Crippen LogP contribution in [0.2, 0.25) is 10.0 Å². The summed E-state index contributed by atoms with van der Waals surface area (Å²) in [6.07, 6.45) is 1.13. The second-order valence-electron chi connectivity index (χ2n) is 3.90. The minimum absolute atomic E-state index is 0.0925. The van der Waals surface area contributed by atoms with Crippen LogP contribution in [0.15, 0.2) is 12.1 Å². The Bertz CT molecular complexity index is 438. The van der Waals surface area contributed by atoms with Gasteiger partial charge in [-0.1, -0.05) is 23.2 Å². The van der Waals surface area contributed by atoms with Gasteiger partial charge in [0.25, 0.3) is 0 Å². The molecule has 0 aliphatic carbocycles. The van der Waals surface area contributed by atoms with E-state index in [0.29, 0.717) is 34.2 Å². The maximum atomic E-state index is 10.4. The van der Waals surface area contributed by atoms with E-state index in [4.69, 9.17) is 38.8 Å². The highest BCUT2D eigenvalue weighted by atomic mass is 35.5. The van der Waals surface area contributed by atoms with E-state index in [-0.39, 0.29) is 12.5 Å². The lowest BCUT2D eigenvalue weighted by molar-refractivity contribution is -0.137. The van der Waals surface area contributed by atoms with Gasteiger partial charge in [-0.2, -0.15) is 0 Å². The number of carbonyl (C=O) groups is 1. The number of methoxy groups -OCH3 is 1. The van der Waals surface area contributed by atoms with Crippen LogP contribution in [-0.2, 0) is 4.79 Å². The minimum atomic E-state index is -0.832. The normalized spacial score (nSPS) is 12.2. The number of carboxylic acids is 1. The molecule has 100 valence electrons. The Labute approximate surface area is 116 Å². The topological polar surface area (TPSA) is 72.5 Å². The summed E-state index contributed by atoms with van der Waals surface area (Å²) in [5.74, 6) is -0.343. The van der Waals surface area contributed by atoms with E-state index in [9.17, 15) is 4.79 Å². The number of aliphatic carboxylic acids is 1. The van der Waals surface area contributed by atoms with Crippen molar-refractivity contribution in [2.75, 3.05) is 7.11 Å². The first kappa shape index (κ1) is 15.1. The molecule has 1 atom stereocenters. The summed E-state index contributed by atoms with van der Waals surface area (Å²) < 4.78 is 5.04. The van der Waals surface area contributed by atoms with Crippen molar-refractivity contribution in [2.45, 2.75) is 25.3 Å². The molecular formula is C12H15Cl2NO3. The summed E-state index contributed by atoms with van der Waals surface area (Å²) >= 11 is 12.1. The van der Waals surface area contributed by atoms with Crippen molar-refractivity contribution in [1.82, 2.24) is 0 Å². The summed E-state index contributed by atoms with van der Waals surface area (Å²) in [5, 5.41) is 9.47. The quantitative estimate of drug-likeness (QED) is 0.844. The SMILES string of the molecule is COc1cc(Cl)c(C(N)CCCC(=O)O)cc1Cl. The number of hydrogen-bond acceptors (Lipinski definition) is 3. The molecule has 0 spiro atoms. The van der Waals surface area contributed by atoms with E-state index >= 15 is 0 Å². The number of nitrogens with two attached hydrogens (primary N) is 1. The third-order valence-corrected chi connectivity index (χ3v) is 3.20. The minimum Gasteiger partial charge on any atom is -0.495 e. The summed E-state index contributed by atoms with van der Waals surface area (Å²) in [4.78, 5) is 10.4. The number of halogens is 2. The fraction of sp³-hybridized carbons (Fsp3) is 0.417. The van der Waals surface area contributed by atoms with E-state index in [1.807, 2.05) is 0 Å². The van der Waals surface area contributed by atoms with Crippen LogP contribution < -0.4 is 10.5 Å². The maximum absolute atomic E-state index is 10.4. The second kappa shape index (κ2) is 6.83. The average Bonchev–Trinajstić information content (AvgIpc) is 2.30. The Morgan fingerprint density at radius 2 is 2.11 bits per heavy atom. The first-order valence-electron chi connectivity index (χ1n) is 5.46. The third kappa shape index (κ3) is 4.05. The first-order chi connectivity index (χ1) is 8.45. The molecular weight excluding hydrogens is 277 g/mol. The molecule has 0 aromatic heterocycles. The highest BCUT2D eigenvalue weighted by Gasteiger charge is 2.14. The van der Waals surface area contributed by atoms with Crippen molar-refractivity contribution in [1.29, 1.82) is 0 Å². The van der Waals surface area contributed by atoms with Crippen molar-refractivity contribution < 1.29 is 14.6 Å². The van der Waals surface area contributed by atoms with E-state index in [0.717, 1.165) is 0 Å². The predicted molar refractivity (Wildman–Crippen MR) is 71.4 cm³/mol. The lowest BCUT2D eigenvalue weighted by Crippen LogP contribution is -2.11. The van der Waals surface area contributed by atoms with Crippen molar-refractivity contribution >= 4 is 29.2 Å². The molecule has 0 aliphatic rings. The predicted octanol–water partition coefficient (Wildman–Crippen LogP) is 3.26. The zero-order valence-electron chi connectivity index (χ0n) is 9.95. The highest BCUT2D eigenvalue weighted by molar-refractivity contribution is 6.34. The molecule has 0 saturated carbocycles. The molecule has 1 rings (SSSR count). The van der Waals surface area contributed by atoms with Crippen LogP contribution in [0.5, 0.6) is 5.75 Å². The van der Waals surface area contributed by atoms with Gasteiger partial charge in [0, 0.05) is 23.6 Å². The molecule has 0 saturated heterocycles. The Kier molecular flexibility index (Phi) is 5.72. The monoisotopic (exact) mass is 291 g/mol. The van der Waals surface area contributed by atoms with E-state index < -0.39 is 5.97 Å². The van der Waals surface area contributed by atoms with Gasteiger partial charge in [-0.05, 0) is 24.5 Å². The van der Waals surface area contributed by atoms with Crippen molar-refractivity contribution in [2.24, 2.45) is 5.73 Å². The Hall–Kier alpha value is -0.970. The Balaban J connectivity index is 2.76. The van der Waals surface area contributed by atoms with Gasteiger partial charge in [0.2, 0.25) is 0 Å². The molecule has 4 nitrogen and oxygen atoms in total. The summed E-state index contributed by atoms with van der Waals surface area (Å²) in [7, 11) is 1.50. The zero-order chi connectivity index (χ0) is 13.7. The number of ether oxygens (including phenoxy) is 1. The molecule has 18 heavy (non-hydrogen) atoms. The summed E-state index contributed by atoms with van der Waals surface area (Å²) in [6, 6.07) is 2.94. The molecule has 0 radical (unpaired) electrons. The fourth-order valence-corrected chi connectivity index (χ4v) is 2.16. The molecule has 0 aliphatic heterocycles. The van der Waals surface area contributed by atoms with Crippen LogP contribution in [0.1, 0.15) is 30.9 Å². The molecule has 0 amide bonds. The van der Waals surface area contributed by atoms with Gasteiger partial charge in [0.05, 0.1) is 12.1 Å². The number of benzene rings is 1. The number of hydrogen-bond donors (Lipinski definition) is 2. The first-order valence-corrected chi connectivity index (χ1v) is 6.21. The van der Waals surface area contributed by atoms with Gasteiger partial charge >= 0.3 is 5.97 Å². The molecule has 1 unspecified atom stereocenters. The van der Waals surface area contributed by atoms with Crippen molar-refractivity contribution in [3.63, 3.8) is 0 Å². The molecule has 1 aromatic carbocycles. The third-order valence-electron chi connectivity index (χ3n) is 2.58. The van der Waals surface area contributed by atoms with Gasteiger partial charge in [-0.15, -0.1) is 0 Å². The maximum Gasteiger partial charge on any atom is 0.303 e. The van der Waals surface area contributed by atoms with Crippen LogP contribution in [0.4, 0.5) is 0 Å². The zero-order valence-corrected chi connectivity index (χ0v) is 11.5. The van der Waals surface area contributed by atoms with Gasteiger partial charge in [0.15, 0.2) is 0 Å². The number of rotatable bonds is 6. The molecule has 1 aromatic rings. The largest absolute Gasteiger partial charge is 0.495 e. The number of carboxylic acid groups (broad SMARTS) is 1. The van der Waals surface area contributed by atoms with Gasteiger partial charge in [-0.3, -0.25) is 4.79 Å². The summed E-state index contributed by atoms with van der Waals surface area (Å²) in [6.45, 7) is 0. The lowest BCUT2D eigenvalue weighted by Gasteiger charge is -2.15. The standard InChI is InChI=1S/C12H15Cl2NO3/c1-18-11-6-8(13)7(5-9(11)14)10(15)3-2-4-12(16)17/h5-6,10H,2-4,15H2,1H3,(H,16,17). The Morgan fingerprint density at radius 1 is 1.44 bits per heavy atom. The van der Waals surface area contributed by atoms with E-state index in [2.05, 4.69) is 0 Å². The van der Waals surface area contributed by atoms with Gasteiger partial charge in [-0.25, -0.2) is 0 Å². The van der Waals surface area contributed by atoms with Gasteiger partial charge < -0.3 is 15.6 Å². The van der Waals surface area contributed by atoms with Crippen LogP contribution in [0, 0.1) is 0 Å². The average molecular weight is 292 g/mol. The lowest BCUT2D eigenvalue weighted by atomic mass is 10.0. The van der Waals surface area contributed by atoms with Crippen LogP contribution in [0.25, 0.3) is 0 Å². The molecule has 0 bridgehead atoms. The van der Waals surface area contributed by atoms with Crippen molar-refractivity contribution in [3.05, 3.63) is 27.7 Å². The highest BCUT2D eigenvalue weighted by Crippen LogP contribution is 2.34. The molecule has 0 heterocycles. The van der Waals surface area contributed by atoms with Gasteiger partial charge in [0.1, 0.15) is 5.75 Å². The second-order valence-corrected chi connectivity index (χ2v) is 4.72. The fourth-order valence-electron chi connectivity index (χ4n) is 1.61. The Morgan fingerprint density at radius 3 is 2.67 bits per heavy atom. The van der Waals surface area contributed by atoms with Crippen LogP contribution in [-0.4, -0.2) is 18.2 Å². The summed E-state index contributed by atoms with van der Waals surface area (Å²) in [5.41, 5.74) is 6.67. The van der Waals surface area contributed by atoms with Crippen LogP contribution >= 0.6 is 23.2 Å². The van der Waals surface area contributed by atoms with E-state index in [1.165, 1.54) is 7.11 Å². The molecule has 0 fully saturated rings. The smallest absolute Gasteiger partial charge is 0.303 e.